The number of aryl methyl sites for hydroxylation is 1. The third kappa shape index (κ3) is 3.24. The van der Waals surface area contributed by atoms with Crippen LogP contribution in [0, 0.1) is 6.92 Å². The number of phenols is 1. The fraction of sp³-hybridized carbons (Fsp3) is 0.474. The van der Waals surface area contributed by atoms with Crippen molar-refractivity contribution in [1.29, 1.82) is 0 Å². The first kappa shape index (κ1) is 17.6. The number of piperidine rings is 1. The summed E-state index contributed by atoms with van der Waals surface area (Å²) in [6.45, 7) is 4.14. The average molecular weight is 398 g/mol. The predicted octanol–water partition coefficient (Wildman–Crippen LogP) is 2.85. The molecule has 146 valence electrons. The molecule has 1 unspecified atom stereocenters. The van der Waals surface area contributed by atoms with Crippen molar-refractivity contribution in [2.75, 3.05) is 0 Å². The van der Waals surface area contributed by atoms with Gasteiger partial charge in [-0.3, -0.25) is 0 Å². The SMILES string of the molecule is Cc1cnn(-c2ccc(-c3nnc(O[C@@H]4CC5CC[C@@](C)(C4)N5)s3)c(O)c2)n1. The minimum atomic E-state index is 0.113. The summed E-state index contributed by atoms with van der Waals surface area (Å²) in [4.78, 5) is 1.49. The zero-order chi connectivity index (χ0) is 19.3. The van der Waals surface area contributed by atoms with E-state index in [1.54, 1.807) is 18.3 Å². The van der Waals surface area contributed by atoms with E-state index in [0.29, 0.717) is 27.5 Å². The third-order valence-electron chi connectivity index (χ3n) is 5.55. The number of fused-ring (bicyclic) bond motifs is 2. The molecular weight excluding hydrogens is 376 g/mol. The molecule has 0 radical (unpaired) electrons. The first-order valence-electron chi connectivity index (χ1n) is 9.48. The lowest BCUT2D eigenvalue weighted by molar-refractivity contribution is 0.107. The van der Waals surface area contributed by atoms with Crippen LogP contribution in [0.15, 0.2) is 24.4 Å². The smallest absolute Gasteiger partial charge is 0.294 e. The van der Waals surface area contributed by atoms with Gasteiger partial charge in [0.05, 0.1) is 23.1 Å². The van der Waals surface area contributed by atoms with Crippen molar-refractivity contribution in [3.63, 3.8) is 0 Å². The second-order valence-corrected chi connectivity index (χ2v) is 8.91. The van der Waals surface area contributed by atoms with Gasteiger partial charge in [-0.1, -0.05) is 16.4 Å². The highest BCUT2D eigenvalue weighted by Crippen LogP contribution is 2.39. The second kappa shape index (κ2) is 6.52. The van der Waals surface area contributed by atoms with Gasteiger partial charge >= 0.3 is 0 Å². The molecule has 2 bridgehead atoms. The van der Waals surface area contributed by atoms with Crippen molar-refractivity contribution in [3.8, 4) is 27.2 Å². The molecule has 9 heteroatoms. The summed E-state index contributed by atoms with van der Waals surface area (Å²) in [6, 6.07) is 5.82. The van der Waals surface area contributed by atoms with Crippen molar-refractivity contribution < 1.29 is 9.84 Å². The molecule has 4 heterocycles. The monoisotopic (exact) mass is 398 g/mol. The summed E-state index contributed by atoms with van der Waals surface area (Å²) in [6.07, 6.45) is 6.22. The zero-order valence-electron chi connectivity index (χ0n) is 15.8. The molecule has 1 aromatic carbocycles. The fourth-order valence-corrected chi connectivity index (χ4v) is 5.05. The number of ether oxygens (including phenoxy) is 1. The summed E-state index contributed by atoms with van der Waals surface area (Å²) in [7, 11) is 0. The molecule has 0 saturated carbocycles. The van der Waals surface area contributed by atoms with Crippen LogP contribution in [0.3, 0.4) is 0 Å². The lowest BCUT2D eigenvalue weighted by Gasteiger charge is -2.35. The van der Waals surface area contributed by atoms with E-state index in [1.807, 2.05) is 13.0 Å². The van der Waals surface area contributed by atoms with Gasteiger partial charge in [-0.2, -0.15) is 15.0 Å². The van der Waals surface area contributed by atoms with E-state index in [9.17, 15) is 5.11 Å². The highest BCUT2D eigenvalue weighted by molar-refractivity contribution is 7.16. The molecule has 2 saturated heterocycles. The van der Waals surface area contributed by atoms with Crippen LogP contribution in [0.5, 0.6) is 10.9 Å². The molecular formula is C19H22N6O2S. The predicted molar refractivity (Wildman–Crippen MR) is 105 cm³/mol. The number of hydrogen-bond acceptors (Lipinski definition) is 8. The Labute approximate surface area is 166 Å². The molecule has 2 fully saturated rings. The Morgan fingerprint density at radius 3 is 3.00 bits per heavy atom. The van der Waals surface area contributed by atoms with Crippen molar-refractivity contribution in [2.24, 2.45) is 0 Å². The van der Waals surface area contributed by atoms with Crippen molar-refractivity contribution in [2.45, 2.75) is 57.2 Å². The van der Waals surface area contributed by atoms with Crippen LogP contribution in [0.1, 0.15) is 38.3 Å². The van der Waals surface area contributed by atoms with E-state index in [-0.39, 0.29) is 17.4 Å². The van der Waals surface area contributed by atoms with E-state index >= 15 is 0 Å². The number of aromatic nitrogens is 5. The van der Waals surface area contributed by atoms with Gasteiger partial charge in [0.25, 0.3) is 5.19 Å². The number of phenolic OH excluding ortho intramolecular Hbond substituents is 1. The maximum Gasteiger partial charge on any atom is 0.294 e. The van der Waals surface area contributed by atoms with Gasteiger partial charge in [0.15, 0.2) is 5.01 Å². The van der Waals surface area contributed by atoms with Crippen LogP contribution in [0.4, 0.5) is 0 Å². The maximum absolute atomic E-state index is 10.5. The standard InChI is InChI=1S/C19H22N6O2S/c1-11-10-20-25(24-11)13-3-4-15(16(26)8-13)17-22-23-18(28-17)27-14-7-12-5-6-19(2,9-14)21-12/h3-4,8,10,12,14,21,26H,5-7,9H2,1-2H3/t12?,14-,19+/m1/s1. The number of nitrogens with one attached hydrogen (secondary N) is 1. The third-order valence-corrected chi connectivity index (χ3v) is 6.39. The topological polar surface area (TPSA) is 98.0 Å². The van der Waals surface area contributed by atoms with Crippen LogP contribution in [0.25, 0.3) is 16.3 Å². The maximum atomic E-state index is 10.5. The van der Waals surface area contributed by atoms with Crippen LogP contribution >= 0.6 is 11.3 Å². The zero-order valence-corrected chi connectivity index (χ0v) is 16.6. The molecule has 5 rings (SSSR count). The van der Waals surface area contributed by atoms with Gasteiger partial charge in [-0.25, -0.2) is 0 Å². The number of benzene rings is 1. The van der Waals surface area contributed by atoms with E-state index in [2.05, 4.69) is 32.6 Å². The van der Waals surface area contributed by atoms with E-state index in [0.717, 1.165) is 18.5 Å². The molecule has 28 heavy (non-hydrogen) atoms. The Kier molecular flexibility index (Phi) is 4.09. The first-order chi connectivity index (χ1) is 13.5. The Morgan fingerprint density at radius 1 is 1.36 bits per heavy atom. The van der Waals surface area contributed by atoms with Gasteiger partial charge in [0.2, 0.25) is 0 Å². The average Bonchev–Trinajstić information content (AvgIpc) is 3.34. The molecule has 2 aliphatic rings. The van der Waals surface area contributed by atoms with Crippen LogP contribution < -0.4 is 10.1 Å². The van der Waals surface area contributed by atoms with Crippen LogP contribution in [-0.4, -0.2) is 48.0 Å². The highest BCUT2D eigenvalue weighted by atomic mass is 32.1. The van der Waals surface area contributed by atoms with Gasteiger partial charge in [-0.15, -0.1) is 5.10 Å². The van der Waals surface area contributed by atoms with Gasteiger partial charge in [0.1, 0.15) is 11.9 Å². The minimum Gasteiger partial charge on any atom is -0.507 e. The van der Waals surface area contributed by atoms with Crippen molar-refractivity contribution in [1.82, 2.24) is 30.5 Å². The van der Waals surface area contributed by atoms with E-state index < -0.39 is 0 Å². The summed E-state index contributed by atoms with van der Waals surface area (Å²) >= 11 is 1.36. The summed E-state index contributed by atoms with van der Waals surface area (Å²) in [5.41, 5.74) is 2.30. The molecule has 8 nitrogen and oxygen atoms in total. The van der Waals surface area contributed by atoms with Gasteiger partial charge < -0.3 is 15.2 Å². The lowest BCUT2D eigenvalue weighted by atomic mass is 9.91. The normalized spacial score (nSPS) is 26.5. The number of nitrogens with zero attached hydrogens (tertiary/aromatic N) is 5. The molecule has 3 aromatic rings. The molecule has 3 atom stereocenters. The Bertz CT molecular complexity index is 1020. The second-order valence-electron chi connectivity index (χ2n) is 7.97. The summed E-state index contributed by atoms with van der Waals surface area (Å²) in [5.74, 6) is 0.113. The van der Waals surface area contributed by atoms with E-state index in [1.165, 1.54) is 29.0 Å². The number of aromatic hydroxyl groups is 1. The van der Waals surface area contributed by atoms with E-state index in [4.69, 9.17) is 4.74 Å². The molecule has 0 aliphatic carbocycles. The minimum absolute atomic E-state index is 0.113. The van der Waals surface area contributed by atoms with Crippen molar-refractivity contribution >= 4 is 11.3 Å². The molecule has 2 N–H and O–H groups in total. The molecule has 2 aromatic heterocycles. The van der Waals surface area contributed by atoms with Gasteiger partial charge in [0, 0.05) is 24.1 Å². The largest absolute Gasteiger partial charge is 0.507 e. The summed E-state index contributed by atoms with van der Waals surface area (Å²) < 4.78 is 6.14. The first-order valence-corrected chi connectivity index (χ1v) is 10.3. The lowest BCUT2D eigenvalue weighted by Crippen LogP contribution is -2.50. The quantitative estimate of drug-likeness (QED) is 0.697. The number of hydrogen-bond donors (Lipinski definition) is 2. The Hall–Kier alpha value is -2.52. The summed E-state index contributed by atoms with van der Waals surface area (Å²) in [5, 5.41) is 32.2. The molecule has 0 spiro atoms. The van der Waals surface area contributed by atoms with Crippen LogP contribution in [0.2, 0.25) is 0 Å². The number of rotatable bonds is 4. The van der Waals surface area contributed by atoms with Gasteiger partial charge in [-0.05, 0) is 45.2 Å². The molecule has 0 amide bonds. The Morgan fingerprint density at radius 2 is 2.25 bits per heavy atom. The van der Waals surface area contributed by atoms with Crippen molar-refractivity contribution in [3.05, 3.63) is 30.1 Å². The highest BCUT2D eigenvalue weighted by Gasteiger charge is 2.43. The fourth-order valence-electron chi connectivity index (χ4n) is 4.26. The molecule has 2 aliphatic heterocycles. The Balaban J connectivity index is 1.33. The van der Waals surface area contributed by atoms with Crippen LogP contribution in [-0.2, 0) is 0 Å².